The molecule has 0 aliphatic rings. The van der Waals surface area contributed by atoms with Crippen molar-refractivity contribution in [2.75, 3.05) is 12.4 Å². The van der Waals surface area contributed by atoms with E-state index in [9.17, 15) is 9.90 Å². The first-order chi connectivity index (χ1) is 11.0. The van der Waals surface area contributed by atoms with Gasteiger partial charge in [0.05, 0.1) is 34.2 Å². The van der Waals surface area contributed by atoms with Crippen molar-refractivity contribution >= 4 is 46.0 Å². The number of benzene rings is 1. The van der Waals surface area contributed by atoms with Crippen molar-refractivity contribution in [2.24, 2.45) is 5.10 Å². The van der Waals surface area contributed by atoms with E-state index in [0.29, 0.717) is 16.6 Å². The molecule has 0 unspecified atom stereocenters. The standard InChI is InChI=1S/C15H15N3O3S2/c1-9(12-7-8-13(23-12)14(19)20)17-18-15(22)16-10-5-3-4-6-11(10)21-2/h3-8H,1-2H3,(H,19,20)(H2,16,18,22)/p-1/b17-9-. The maximum absolute atomic E-state index is 10.8. The lowest BCUT2D eigenvalue weighted by molar-refractivity contribution is -0.254. The molecule has 120 valence electrons. The van der Waals surface area contributed by atoms with Crippen LogP contribution >= 0.6 is 23.6 Å². The van der Waals surface area contributed by atoms with Crippen LogP contribution in [-0.2, 0) is 0 Å². The van der Waals surface area contributed by atoms with Gasteiger partial charge < -0.3 is 20.0 Å². The van der Waals surface area contributed by atoms with Gasteiger partial charge in [-0.15, -0.1) is 11.3 Å². The van der Waals surface area contributed by atoms with E-state index < -0.39 is 5.97 Å². The molecule has 0 aliphatic heterocycles. The lowest BCUT2D eigenvalue weighted by atomic mass is 10.3. The van der Waals surface area contributed by atoms with E-state index in [4.69, 9.17) is 17.0 Å². The van der Waals surface area contributed by atoms with E-state index in [1.54, 1.807) is 20.1 Å². The van der Waals surface area contributed by atoms with Gasteiger partial charge in [0.25, 0.3) is 0 Å². The van der Waals surface area contributed by atoms with Crippen LogP contribution < -0.4 is 20.6 Å². The van der Waals surface area contributed by atoms with Crippen molar-refractivity contribution in [1.29, 1.82) is 0 Å². The lowest BCUT2D eigenvalue weighted by Crippen LogP contribution is -2.25. The fourth-order valence-electron chi connectivity index (χ4n) is 1.73. The van der Waals surface area contributed by atoms with Gasteiger partial charge in [0.15, 0.2) is 5.11 Å². The number of carboxylic acid groups (broad SMARTS) is 1. The Morgan fingerprint density at radius 1 is 1.26 bits per heavy atom. The number of hydrazone groups is 1. The minimum absolute atomic E-state index is 0.157. The van der Waals surface area contributed by atoms with Crippen LogP contribution in [-0.4, -0.2) is 23.9 Å². The van der Waals surface area contributed by atoms with Gasteiger partial charge in [-0.25, -0.2) is 0 Å². The van der Waals surface area contributed by atoms with Crippen LogP contribution in [0.25, 0.3) is 0 Å². The van der Waals surface area contributed by atoms with E-state index in [1.165, 1.54) is 6.07 Å². The summed E-state index contributed by atoms with van der Waals surface area (Å²) in [7, 11) is 1.57. The maximum atomic E-state index is 10.8. The van der Waals surface area contributed by atoms with Gasteiger partial charge in [-0.2, -0.15) is 5.10 Å². The number of carbonyl (C=O) groups excluding carboxylic acids is 1. The van der Waals surface area contributed by atoms with Crippen LogP contribution in [0.4, 0.5) is 5.69 Å². The molecule has 0 amide bonds. The van der Waals surface area contributed by atoms with Crippen molar-refractivity contribution in [3.05, 3.63) is 46.2 Å². The van der Waals surface area contributed by atoms with E-state index in [2.05, 4.69) is 15.8 Å². The second-order valence-corrected chi connectivity index (χ2v) is 5.91. The minimum Gasteiger partial charge on any atom is -0.544 e. The molecule has 0 aliphatic carbocycles. The summed E-state index contributed by atoms with van der Waals surface area (Å²) in [5.41, 5.74) is 4.05. The molecule has 2 N–H and O–H groups in total. The number of methoxy groups -OCH3 is 1. The first-order valence-electron chi connectivity index (χ1n) is 6.57. The summed E-state index contributed by atoms with van der Waals surface area (Å²) in [4.78, 5) is 11.6. The van der Waals surface area contributed by atoms with Gasteiger partial charge >= 0.3 is 0 Å². The number of aromatic carboxylic acids is 1. The number of thiophene rings is 1. The highest BCUT2D eigenvalue weighted by molar-refractivity contribution is 7.80. The number of thiocarbonyl (C=S) groups is 1. The molecule has 1 aromatic heterocycles. The Balaban J connectivity index is 2.00. The zero-order chi connectivity index (χ0) is 16.8. The van der Waals surface area contributed by atoms with Crippen LogP contribution in [0, 0.1) is 0 Å². The number of rotatable bonds is 5. The largest absolute Gasteiger partial charge is 0.544 e. The third-order valence-electron chi connectivity index (χ3n) is 2.84. The number of carboxylic acids is 1. The first kappa shape index (κ1) is 16.9. The molecule has 0 radical (unpaired) electrons. The lowest BCUT2D eigenvalue weighted by Gasteiger charge is -2.11. The summed E-state index contributed by atoms with van der Waals surface area (Å²) >= 11 is 6.27. The van der Waals surface area contributed by atoms with Crippen molar-refractivity contribution < 1.29 is 14.6 Å². The molecule has 1 aromatic carbocycles. The van der Waals surface area contributed by atoms with Crippen molar-refractivity contribution in [3.63, 3.8) is 0 Å². The minimum atomic E-state index is -1.20. The molecule has 0 bridgehead atoms. The average Bonchev–Trinajstić information content (AvgIpc) is 3.03. The Bertz CT molecular complexity index is 756. The zero-order valence-electron chi connectivity index (χ0n) is 12.5. The van der Waals surface area contributed by atoms with Gasteiger partial charge in [0.2, 0.25) is 0 Å². The fraction of sp³-hybridized carbons (Fsp3) is 0.133. The summed E-state index contributed by atoms with van der Waals surface area (Å²) < 4.78 is 5.22. The van der Waals surface area contributed by atoms with E-state index >= 15 is 0 Å². The second kappa shape index (κ2) is 7.70. The van der Waals surface area contributed by atoms with Crippen LogP contribution in [0.15, 0.2) is 41.5 Å². The first-order valence-corrected chi connectivity index (χ1v) is 7.79. The SMILES string of the molecule is COc1ccccc1NC(=S)N/N=C(/C)c1ccc(C(=O)[O-])s1. The number of nitrogens with zero attached hydrogens (tertiary/aromatic N) is 1. The van der Waals surface area contributed by atoms with Crippen LogP contribution in [0.1, 0.15) is 21.5 Å². The highest BCUT2D eigenvalue weighted by Crippen LogP contribution is 2.22. The highest BCUT2D eigenvalue weighted by Gasteiger charge is 2.06. The number of para-hydroxylation sites is 2. The molecule has 23 heavy (non-hydrogen) atoms. The maximum Gasteiger partial charge on any atom is 0.191 e. The summed E-state index contributed by atoms with van der Waals surface area (Å²) in [6.45, 7) is 1.75. The summed E-state index contributed by atoms with van der Waals surface area (Å²) in [5.74, 6) is -0.537. The van der Waals surface area contributed by atoms with Gasteiger partial charge in [-0.3, -0.25) is 5.43 Å². The average molecular weight is 348 g/mol. The number of carbonyl (C=O) groups is 1. The van der Waals surface area contributed by atoms with Crippen molar-refractivity contribution in [3.8, 4) is 5.75 Å². The molecule has 2 aromatic rings. The molecule has 6 nitrogen and oxygen atoms in total. The highest BCUT2D eigenvalue weighted by atomic mass is 32.1. The predicted octanol–water partition coefficient (Wildman–Crippen LogP) is 1.83. The molecule has 1 heterocycles. The van der Waals surface area contributed by atoms with Gasteiger partial charge in [0, 0.05) is 0 Å². The molecular weight excluding hydrogens is 334 g/mol. The van der Waals surface area contributed by atoms with E-state index in [-0.39, 0.29) is 4.88 Å². The zero-order valence-corrected chi connectivity index (χ0v) is 14.1. The molecule has 0 atom stereocenters. The fourth-order valence-corrected chi connectivity index (χ4v) is 2.67. The topological polar surface area (TPSA) is 85.8 Å². The number of ether oxygens (including phenoxy) is 1. The summed E-state index contributed by atoms with van der Waals surface area (Å²) in [6.07, 6.45) is 0. The monoisotopic (exact) mass is 348 g/mol. The number of hydrogen-bond donors (Lipinski definition) is 2. The van der Waals surface area contributed by atoms with Crippen molar-refractivity contribution in [2.45, 2.75) is 6.92 Å². The second-order valence-electron chi connectivity index (χ2n) is 4.41. The van der Waals surface area contributed by atoms with Gasteiger partial charge in [-0.05, 0) is 43.4 Å². The Labute approximate surface area is 142 Å². The molecular formula is C15H14N3O3S2-. The molecule has 0 saturated carbocycles. The number of nitrogens with one attached hydrogen (secondary N) is 2. The summed E-state index contributed by atoms with van der Waals surface area (Å²) in [5, 5.41) is 18.2. The van der Waals surface area contributed by atoms with Crippen molar-refractivity contribution in [1.82, 2.24) is 5.43 Å². The molecule has 0 saturated heterocycles. The Morgan fingerprint density at radius 2 is 1.96 bits per heavy atom. The van der Waals surface area contributed by atoms with Gasteiger partial charge in [-0.1, -0.05) is 12.1 Å². The van der Waals surface area contributed by atoms with E-state index in [0.717, 1.165) is 21.9 Å². The Kier molecular flexibility index (Phi) is 5.67. The van der Waals surface area contributed by atoms with Gasteiger partial charge in [0.1, 0.15) is 5.75 Å². The summed E-state index contributed by atoms with van der Waals surface area (Å²) in [6, 6.07) is 10.5. The molecule has 0 spiro atoms. The smallest absolute Gasteiger partial charge is 0.191 e. The quantitative estimate of drug-likeness (QED) is 0.487. The Hall–Kier alpha value is -2.45. The number of anilines is 1. The predicted molar refractivity (Wildman–Crippen MR) is 93.2 cm³/mol. The third kappa shape index (κ3) is 4.51. The number of hydrogen-bond acceptors (Lipinski definition) is 6. The van der Waals surface area contributed by atoms with Crippen LogP contribution in [0.5, 0.6) is 5.75 Å². The molecule has 0 fully saturated rings. The van der Waals surface area contributed by atoms with Crippen LogP contribution in [0.3, 0.4) is 0 Å². The normalized spacial score (nSPS) is 11.0. The van der Waals surface area contributed by atoms with E-state index in [1.807, 2.05) is 24.3 Å². The molecule has 8 heteroatoms. The Morgan fingerprint density at radius 3 is 2.61 bits per heavy atom. The van der Waals surface area contributed by atoms with Crippen LogP contribution in [0.2, 0.25) is 0 Å². The molecule has 2 rings (SSSR count). The third-order valence-corrected chi connectivity index (χ3v) is 4.21.